The van der Waals surface area contributed by atoms with Gasteiger partial charge in [0.05, 0.1) is 25.4 Å². The minimum absolute atomic E-state index is 0.0184. The van der Waals surface area contributed by atoms with Crippen LogP contribution in [0.2, 0.25) is 0 Å². The molecule has 0 aliphatic heterocycles. The van der Waals surface area contributed by atoms with E-state index in [1.165, 1.54) is 128 Å². The van der Waals surface area contributed by atoms with Crippen molar-refractivity contribution < 1.29 is 47.8 Å². The number of ether oxygens (including phenoxy) is 2. The number of hydrogen-bond donors (Lipinski definition) is 4. The van der Waals surface area contributed by atoms with Crippen LogP contribution in [0.5, 0.6) is 0 Å². The van der Waals surface area contributed by atoms with E-state index in [9.17, 15) is 29.3 Å². The quantitative estimate of drug-likeness (QED) is 0.0151. The predicted molar refractivity (Wildman–Crippen MR) is 250 cm³/mol. The van der Waals surface area contributed by atoms with Crippen molar-refractivity contribution in [2.75, 3.05) is 26.4 Å². The SMILES string of the molecule is CCCCC/C=C\C[C@@H](O)/C=C/C=C/C=C\[C@@H](O)CCCC(=O)OC[C@H](COP(=O)(O)OCCN)OC(=O)CCCCCCCCCCCCCCCCCCCCCCC. The molecular weight excluding hydrogens is 794 g/mol. The Kier molecular flexibility index (Phi) is 43.0. The Hall–Kier alpha value is -2.11. The summed E-state index contributed by atoms with van der Waals surface area (Å²) in [6, 6.07) is 0. The second kappa shape index (κ2) is 44.5. The number of carbonyl (C=O) groups excluding carboxylic acids is 2. The summed E-state index contributed by atoms with van der Waals surface area (Å²) >= 11 is 0. The maximum atomic E-state index is 12.6. The molecule has 0 amide bonds. The Morgan fingerprint density at radius 3 is 1.57 bits per heavy atom. The second-order valence-corrected chi connectivity index (χ2v) is 17.8. The van der Waals surface area contributed by atoms with Gasteiger partial charge in [0.25, 0.3) is 0 Å². The number of nitrogens with two attached hydrogens (primary N) is 1. The molecule has 0 bridgehead atoms. The number of aliphatic hydroxyl groups excluding tert-OH is 2. The first-order valence-corrected chi connectivity index (χ1v) is 25.8. The van der Waals surface area contributed by atoms with E-state index in [1.54, 1.807) is 36.5 Å². The van der Waals surface area contributed by atoms with E-state index in [-0.39, 0.29) is 32.6 Å². The van der Waals surface area contributed by atoms with Gasteiger partial charge in [-0.1, -0.05) is 204 Å². The Balaban J connectivity index is 4.27. The Morgan fingerprint density at radius 2 is 1.05 bits per heavy atom. The summed E-state index contributed by atoms with van der Waals surface area (Å²) in [6.45, 7) is 3.41. The molecule has 0 fully saturated rings. The molecule has 356 valence electrons. The largest absolute Gasteiger partial charge is 0.472 e. The number of esters is 2. The molecule has 4 atom stereocenters. The lowest BCUT2D eigenvalue weighted by Gasteiger charge is -2.20. The molecular formula is C49H90NO10P. The number of aliphatic hydroxyl groups is 2. The number of phosphoric acid groups is 1. The number of allylic oxidation sites excluding steroid dienone is 5. The zero-order valence-electron chi connectivity index (χ0n) is 38.6. The zero-order valence-corrected chi connectivity index (χ0v) is 39.5. The molecule has 0 aromatic carbocycles. The molecule has 0 spiro atoms. The maximum absolute atomic E-state index is 12.6. The molecule has 0 saturated carbocycles. The summed E-state index contributed by atoms with van der Waals surface area (Å²) in [5.41, 5.74) is 5.34. The number of unbranched alkanes of at least 4 members (excludes halogenated alkanes) is 23. The van der Waals surface area contributed by atoms with Gasteiger partial charge in [-0.25, -0.2) is 4.57 Å². The highest BCUT2D eigenvalue weighted by molar-refractivity contribution is 7.47. The molecule has 0 aromatic heterocycles. The van der Waals surface area contributed by atoms with Crippen molar-refractivity contribution in [2.24, 2.45) is 5.73 Å². The molecule has 0 aliphatic carbocycles. The van der Waals surface area contributed by atoms with Crippen LogP contribution in [0.1, 0.15) is 206 Å². The molecule has 0 aromatic rings. The predicted octanol–water partition coefficient (Wildman–Crippen LogP) is 12.2. The van der Waals surface area contributed by atoms with Crippen molar-refractivity contribution >= 4 is 19.8 Å². The first-order valence-electron chi connectivity index (χ1n) is 24.3. The number of phosphoric ester groups is 1. The van der Waals surface area contributed by atoms with Crippen LogP contribution in [-0.2, 0) is 32.7 Å². The summed E-state index contributed by atoms with van der Waals surface area (Å²) in [7, 11) is -4.44. The van der Waals surface area contributed by atoms with Gasteiger partial charge in [-0.2, -0.15) is 0 Å². The molecule has 0 heterocycles. The molecule has 0 rings (SSSR count). The van der Waals surface area contributed by atoms with Gasteiger partial charge in [0.2, 0.25) is 0 Å². The molecule has 5 N–H and O–H groups in total. The lowest BCUT2D eigenvalue weighted by atomic mass is 10.0. The third-order valence-electron chi connectivity index (χ3n) is 10.4. The maximum Gasteiger partial charge on any atom is 0.472 e. The van der Waals surface area contributed by atoms with Crippen molar-refractivity contribution in [3.05, 3.63) is 48.6 Å². The van der Waals surface area contributed by atoms with Crippen molar-refractivity contribution in [1.29, 1.82) is 0 Å². The fourth-order valence-corrected chi connectivity index (χ4v) is 7.48. The monoisotopic (exact) mass is 884 g/mol. The topological polar surface area (TPSA) is 175 Å². The molecule has 0 aliphatic rings. The van der Waals surface area contributed by atoms with Crippen LogP contribution in [0, 0.1) is 0 Å². The molecule has 12 heteroatoms. The summed E-state index contributed by atoms with van der Waals surface area (Å²) in [4.78, 5) is 35.0. The average molecular weight is 884 g/mol. The van der Waals surface area contributed by atoms with E-state index in [0.717, 1.165) is 25.7 Å². The summed E-state index contributed by atoms with van der Waals surface area (Å²) in [5.74, 6) is -1.06. The van der Waals surface area contributed by atoms with Gasteiger partial charge in [-0.05, 0) is 38.5 Å². The van der Waals surface area contributed by atoms with Crippen LogP contribution < -0.4 is 5.73 Å². The first-order chi connectivity index (χ1) is 29.6. The second-order valence-electron chi connectivity index (χ2n) is 16.4. The summed E-state index contributed by atoms with van der Waals surface area (Å²) < 4.78 is 32.7. The Bertz CT molecular complexity index is 1180. The third-order valence-corrected chi connectivity index (χ3v) is 11.4. The highest BCUT2D eigenvalue weighted by atomic mass is 31.2. The Morgan fingerprint density at radius 1 is 0.574 bits per heavy atom. The first kappa shape index (κ1) is 58.9. The van der Waals surface area contributed by atoms with E-state index in [4.69, 9.17) is 24.3 Å². The van der Waals surface area contributed by atoms with Gasteiger partial charge < -0.3 is 30.3 Å². The van der Waals surface area contributed by atoms with Crippen LogP contribution in [0.4, 0.5) is 0 Å². The van der Waals surface area contributed by atoms with Gasteiger partial charge in [0.15, 0.2) is 6.10 Å². The number of carbonyl (C=O) groups is 2. The van der Waals surface area contributed by atoms with Gasteiger partial charge in [-0.3, -0.25) is 18.6 Å². The van der Waals surface area contributed by atoms with E-state index in [1.807, 2.05) is 6.08 Å². The van der Waals surface area contributed by atoms with Crippen LogP contribution in [0.25, 0.3) is 0 Å². The normalized spacial score (nSPS) is 14.7. The van der Waals surface area contributed by atoms with Gasteiger partial charge in [-0.15, -0.1) is 0 Å². The average Bonchev–Trinajstić information content (AvgIpc) is 3.24. The number of rotatable bonds is 45. The van der Waals surface area contributed by atoms with Crippen molar-refractivity contribution in [3.63, 3.8) is 0 Å². The van der Waals surface area contributed by atoms with Crippen molar-refractivity contribution in [1.82, 2.24) is 0 Å². The van der Waals surface area contributed by atoms with Crippen LogP contribution in [-0.4, -0.2) is 71.7 Å². The van der Waals surface area contributed by atoms with Crippen molar-refractivity contribution in [3.8, 4) is 0 Å². The highest BCUT2D eigenvalue weighted by Gasteiger charge is 2.26. The fraction of sp³-hybridized carbons (Fsp3) is 0.796. The van der Waals surface area contributed by atoms with E-state index < -0.39 is 44.7 Å². The van der Waals surface area contributed by atoms with Crippen LogP contribution in [0.15, 0.2) is 48.6 Å². The Labute approximate surface area is 372 Å². The fourth-order valence-electron chi connectivity index (χ4n) is 6.71. The van der Waals surface area contributed by atoms with E-state index in [0.29, 0.717) is 25.7 Å². The lowest BCUT2D eigenvalue weighted by Crippen LogP contribution is -2.29. The van der Waals surface area contributed by atoms with Gasteiger partial charge >= 0.3 is 19.8 Å². The van der Waals surface area contributed by atoms with Gasteiger partial charge in [0, 0.05) is 19.4 Å². The van der Waals surface area contributed by atoms with Crippen LogP contribution >= 0.6 is 7.82 Å². The van der Waals surface area contributed by atoms with Crippen LogP contribution in [0.3, 0.4) is 0 Å². The summed E-state index contributed by atoms with van der Waals surface area (Å²) in [5, 5.41) is 20.3. The smallest absolute Gasteiger partial charge is 0.462 e. The molecule has 1 unspecified atom stereocenters. The molecule has 11 nitrogen and oxygen atoms in total. The van der Waals surface area contributed by atoms with E-state index in [2.05, 4.69) is 19.9 Å². The molecule has 0 saturated heterocycles. The standard InChI is InChI=1S/C49H90NO10P/c1-3-5-7-9-11-12-13-14-15-16-17-18-19-20-21-22-23-24-25-27-33-39-49(54)60-47(44-59-61(55,56)58-42-41-50)43-57-48(53)40-34-38-46(52)37-32-29-28-31-36-45(51)35-30-26-10-8-6-4-2/h26,28-32,36-37,45-47,51-52H,3-25,27,33-35,38-44,50H2,1-2H3,(H,55,56)/b29-28+,30-26-,36-31+,37-32-/t45-,46-,47-/m1/s1. The van der Waals surface area contributed by atoms with Gasteiger partial charge in [0.1, 0.15) is 6.61 Å². The van der Waals surface area contributed by atoms with E-state index >= 15 is 0 Å². The number of hydrogen-bond acceptors (Lipinski definition) is 10. The zero-order chi connectivity index (χ0) is 44.9. The highest BCUT2D eigenvalue weighted by Crippen LogP contribution is 2.43. The minimum Gasteiger partial charge on any atom is -0.462 e. The lowest BCUT2D eigenvalue weighted by molar-refractivity contribution is -0.161. The van der Waals surface area contributed by atoms with Crippen molar-refractivity contribution in [2.45, 2.75) is 225 Å². The molecule has 0 radical (unpaired) electrons. The minimum atomic E-state index is -4.44. The summed E-state index contributed by atoms with van der Waals surface area (Å²) in [6.07, 6.45) is 44.9. The third kappa shape index (κ3) is 44.3. The molecule has 61 heavy (non-hydrogen) atoms.